The Morgan fingerprint density at radius 2 is 2.00 bits per heavy atom. The second-order valence-corrected chi connectivity index (χ2v) is 5.95. The van der Waals surface area contributed by atoms with Gasteiger partial charge in [0.15, 0.2) is 0 Å². The zero-order chi connectivity index (χ0) is 13.8. The molecule has 1 atom stereocenters. The van der Waals surface area contributed by atoms with Gasteiger partial charge in [0.25, 0.3) is 0 Å². The van der Waals surface area contributed by atoms with Crippen LogP contribution < -0.4 is 10.5 Å². The molecule has 0 radical (unpaired) electrons. The van der Waals surface area contributed by atoms with Crippen LogP contribution in [0, 0.1) is 5.82 Å². The van der Waals surface area contributed by atoms with Crippen LogP contribution in [0.3, 0.4) is 0 Å². The van der Waals surface area contributed by atoms with Crippen molar-refractivity contribution in [3.05, 3.63) is 24.0 Å². The van der Waals surface area contributed by atoms with Gasteiger partial charge in [0.1, 0.15) is 5.82 Å². The fraction of sp³-hybridized carbons (Fsp3) is 0.500. The lowest BCUT2D eigenvalue weighted by Gasteiger charge is -2.16. The average Bonchev–Trinajstić information content (AvgIpc) is 2.27. The van der Waals surface area contributed by atoms with Crippen molar-refractivity contribution in [1.29, 1.82) is 0 Å². The molecule has 0 bridgehead atoms. The monoisotopic (exact) mass is 274 g/mol. The largest absolute Gasteiger partial charge is 0.399 e. The van der Waals surface area contributed by atoms with Crippen LogP contribution in [0.2, 0.25) is 0 Å². The van der Waals surface area contributed by atoms with E-state index in [-0.39, 0.29) is 16.6 Å². The highest BCUT2D eigenvalue weighted by atomic mass is 32.2. The fourth-order valence-corrected chi connectivity index (χ4v) is 3.14. The van der Waals surface area contributed by atoms with Gasteiger partial charge in [0, 0.05) is 11.7 Å². The minimum Gasteiger partial charge on any atom is -0.399 e. The molecule has 6 heteroatoms. The summed E-state index contributed by atoms with van der Waals surface area (Å²) >= 11 is 0. The number of nitrogens with two attached hydrogens (primary N) is 1. The molecular weight excluding hydrogens is 255 g/mol. The smallest absolute Gasteiger partial charge is 0.240 e. The molecule has 18 heavy (non-hydrogen) atoms. The first-order valence-electron chi connectivity index (χ1n) is 5.97. The van der Waals surface area contributed by atoms with Crippen molar-refractivity contribution in [3.63, 3.8) is 0 Å². The summed E-state index contributed by atoms with van der Waals surface area (Å²) in [5.41, 5.74) is 5.54. The Balaban J connectivity index is 2.98. The molecule has 0 heterocycles. The summed E-state index contributed by atoms with van der Waals surface area (Å²) in [5, 5.41) is 0. The molecule has 0 amide bonds. The van der Waals surface area contributed by atoms with E-state index in [1.165, 1.54) is 6.07 Å². The van der Waals surface area contributed by atoms with Crippen LogP contribution in [0.15, 0.2) is 23.1 Å². The molecule has 0 saturated heterocycles. The normalized spacial score (nSPS) is 13.5. The van der Waals surface area contributed by atoms with Gasteiger partial charge in [-0.05, 0) is 31.0 Å². The third kappa shape index (κ3) is 3.96. The van der Waals surface area contributed by atoms with Crippen LogP contribution in [-0.2, 0) is 10.0 Å². The van der Waals surface area contributed by atoms with E-state index in [9.17, 15) is 12.8 Å². The third-order valence-electron chi connectivity index (χ3n) is 2.66. The minimum atomic E-state index is -3.71. The lowest BCUT2D eigenvalue weighted by molar-refractivity contribution is 0.511. The van der Waals surface area contributed by atoms with E-state index in [1.807, 2.05) is 13.8 Å². The maximum atomic E-state index is 13.2. The number of anilines is 1. The van der Waals surface area contributed by atoms with Crippen LogP contribution in [0.5, 0.6) is 0 Å². The standard InChI is InChI=1S/C12H19FN2O2S/c1-3-5-11(4-2)15-18(16,17)12-7-9(13)6-10(14)8-12/h6-8,11,15H,3-5,14H2,1-2H3. The molecule has 0 spiro atoms. The highest BCUT2D eigenvalue weighted by molar-refractivity contribution is 7.89. The molecule has 3 N–H and O–H groups in total. The first kappa shape index (κ1) is 14.9. The number of sulfonamides is 1. The second kappa shape index (κ2) is 6.15. The molecule has 1 aromatic carbocycles. The van der Waals surface area contributed by atoms with Crippen molar-refractivity contribution in [3.8, 4) is 0 Å². The average molecular weight is 274 g/mol. The van der Waals surface area contributed by atoms with Crippen LogP contribution in [0.4, 0.5) is 10.1 Å². The lowest BCUT2D eigenvalue weighted by Crippen LogP contribution is -2.34. The summed E-state index contributed by atoms with van der Waals surface area (Å²) < 4.78 is 39.8. The second-order valence-electron chi connectivity index (χ2n) is 4.24. The molecule has 102 valence electrons. The van der Waals surface area contributed by atoms with Gasteiger partial charge in [-0.3, -0.25) is 0 Å². The van der Waals surface area contributed by atoms with Gasteiger partial charge in [0.05, 0.1) is 4.90 Å². The van der Waals surface area contributed by atoms with E-state index in [1.54, 1.807) is 0 Å². The van der Waals surface area contributed by atoms with Crippen LogP contribution in [-0.4, -0.2) is 14.5 Å². The first-order valence-corrected chi connectivity index (χ1v) is 7.45. The van der Waals surface area contributed by atoms with E-state index in [0.29, 0.717) is 6.42 Å². The number of rotatable bonds is 6. The van der Waals surface area contributed by atoms with Crippen LogP contribution in [0.25, 0.3) is 0 Å². The van der Waals surface area contributed by atoms with Gasteiger partial charge in [-0.25, -0.2) is 17.5 Å². The van der Waals surface area contributed by atoms with Crippen molar-refractivity contribution in [1.82, 2.24) is 4.72 Å². The van der Waals surface area contributed by atoms with Gasteiger partial charge in [-0.1, -0.05) is 20.3 Å². The van der Waals surface area contributed by atoms with Crippen LogP contribution in [0.1, 0.15) is 33.1 Å². The molecule has 0 aliphatic carbocycles. The molecule has 0 aliphatic heterocycles. The molecule has 0 saturated carbocycles. The maximum Gasteiger partial charge on any atom is 0.240 e. The van der Waals surface area contributed by atoms with Gasteiger partial charge in [-0.2, -0.15) is 0 Å². The van der Waals surface area contributed by atoms with E-state index < -0.39 is 15.8 Å². The molecular formula is C12H19FN2O2S. The van der Waals surface area contributed by atoms with E-state index in [2.05, 4.69) is 4.72 Å². The lowest BCUT2D eigenvalue weighted by atomic mass is 10.1. The number of nitrogen functional groups attached to an aromatic ring is 1. The Kier molecular flexibility index (Phi) is 5.10. The van der Waals surface area contributed by atoms with Crippen molar-refractivity contribution < 1.29 is 12.8 Å². The van der Waals surface area contributed by atoms with E-state index in [4.69, 9.17) is 5.73 Å². The highest BCUT2D eigenvalue weighted by Crippen LogP contribution is 2.17. The number of hydrogen-bond acceptors (Lipinski definition) is 3. The number of halogens is 1. The van der Waals surface area contributed by atoms with Crippen molar-refractivity contribution >= 4 is 15.7 Å². The first-order chi connectivity index (χ1) is 8.39. The minimum absolute atomic E-state index is 0.0962. The molecule has 1 unspecified atom stereocenters. The fourth-order valence-electron chi connectivity index (χ4n) is 1.72. The number of hydrogen-bond donors (Lipinski definition) is 2. The summed E-state index contributed by atoms with van der Waals surface area (Å²) in [4.78, 5) is -0.130. The van der Waals surface area contributed by atoms with E-state index in [0.717, 1.165) is 25.0 Å². The molecule has 0 aliphatic rings. The quantitative estimate of drug-likeness (QED) is 0.782. The summed E-state index contributed by atoms with van der Waals surface area (Å²) in [7, 11) is -3.71. The predicted octanol–water partition coefficient (Wildman–Crippen LogP) is 2.26. The predicted molar refractivity (Wildman–Crippen MR) is 70.1 cm³/mol. The Hall–Kier alpha value is -1.14. The topological polar surface area (TPSA) is 72.2 Å². The summed E-state index contributed by atoms with van der Waals surface area (Å²) in [6.45, 7) is 3.89. The van der Waals surface area contributed by atoms with Gasteiger partial charge >= 0.3 is 0 Å². The zero-order valence-corrected chi connectivity index (χ0v) is 11.4. The summed E-state index contributed by atoms with van der Waals surface area (Å²) in [6.07, 6.45) is 2.32. The van der Waals surface area contributed by atoms with Crippen molar-refractivity contribution in [2.75, 3.05) is 5.73 Å². The van der Waals surface area contributed by atoms with Gasteiger partial charge < -0.3 is 5.73 Å². The molecule has 0 aromatic heterocycles. The summed E-state index contributed by atoms with van der Waals surface area (Å²) in [5.74, 6) is -0.654. The molecule has 1 aromatic rings. The number of nitrogens with one attached hydrogen (secondary N) is 1. The van der Waals surface area contributed by atoms with E-state index >= 15 is 0 Å². The maximum absolute atomic E-state index is 13.2. The van der Waals surface area contributed by atoms with Crippen molar-refractivity contribution in [2.45, 2.75) is 44.0 Å². The zero-order valence-electron chi connectivity index (χ0n) is 10.6. The Bertz CT molecular complexity index is 483. The molecule has 4 nitrogen and oxygen atoms in total. The number of benzene rings is 1. The SMILES string of the molecule is CCCC(CC)NS(=O)(=O)c1cc(N)cc(F)c1. The Morgan fingerprint density at radius 3 is 2.50 bits per heavy atom. The third-order valence-corrected chi connectivity index (χ3v) is 4.16. The Labute approximate surface area is 107 Å². The van der Waals surface area contributed by atoms with Gasteiger partial charge in [0.2, 0.25) is 10.0 Å². The molecule has 1 rings (SSSR count). The highest BCUT2D eigenvalue weighted by Gasteiger charge is 2.19. The van der Waals surface area contributed by atoms with Gasteiger partial charge in [-0.15, -0.1) is 0 Å². The van der Waals surface area contributed by atoms with Crippen molar-refractivity contribution in [2.24, 2.45) is 0 Å². The summed E-state index contributed by atoms with van der Waals surface area (Å²) in [6, 6.07) is 3.17. The Morgan fingerprint density at radius 1 is 1.33 bits per heavy atom. The molecule has 0 fully saturated rings. The van der Waals surface area contributed by atoms with Crippen LogP contribution >= 0.6 is 0 Å².